The fourth-order valence-electron chi connectivity index (χ4n) is 4.05. The number of aliphatic hydroxyl groups excluding tert-OH is 1. The zero-order chi connectivity index (χ0) is 25.8. The molecule has 0 saturated carbocycles. The second-order valence-electron chi connectivity index (χ2n) is 9.15. The zero-order valence-corrected chi connectivity index (χ0v) is 21.6. The molecule has 0 saturated heterocycles. The van der Waals surface area contributed by atoms with Crippen LogP contribution in [0.15, 0.2) is 78.9 Å². The molecule has 0 bridgehead atoms. The number of hydrogen-bond donors (Lipinski definition) is 1. The molecular formula is C32H38O4. The van der Waals surface area contributed by atoms with E-state index in [2.05, 4.69) is 80.2 Å². The van der Waals surface area contributed by atoms with E-state index in [1.165, 1.54) is 30.4 Å². The molecule has 0 atom stereocenters. The molecule has 190 valence electrons. The van der Waals surface area contributed by atoms with E-state index >= 15 is 0 Å². The normalized spacial score (nSPS) is 10.8. The summed E-state index contributed by atoms with van der Waals surface area (Å²) in [6.07, 6.45) is 6.42. The Morgan fingerprint density at radius 3 is 2.03 bits per heavy atom. The molecule has 4 heteroatoms. The number of aliphatic hydroxyl groups is 1. The van der Waals surface area contributed by atoms with Gasteiger partial charge >= 0.3 is 5.97 Å². The summed E-state index contributed by atoms with van der Waals surface area (Å²) in [7, 11) is 0. The van der Waals surface area contributed by atoms with E-state index in [0.29, 0.717) is 5.57 Å². The Labute approximate surface area is 215 Å². The molecule has 0 aliphatic carbocycles. The van der Waals surface area contributed by atoms with Crippen LogP contribution in [-0.2, 0) is 22.4 Å². The van der Waals surface area contributed by atoms with Gasteiger partial charge in [0.15, 0.2) is 0 Å². The number of carbonyl (C=O) groups is 1. The fourth-order valence-corrected chi connectivity index (χ4v) is 4.05. The maximum Gasteiger partial charge on any atom is 0.333 e. The molecule has 0 unspecified atom stereocenters. The Hall–Kier alpha value is -3.37. The predicted molar refractivity (Wildman–Crippen MR) is 147 cm³/mol. The first-order valence-corrected chi connectivity index (χ1v) is 12.9. The van der Waals surface area contributed by atoms with E-state index in [1.54, 1.807) is 6.92 Å². The minimum atomic E-state index is -0.412. The van der Waals surface area contributed by atoms with Crippen LogP contribution >= 0.6 is 0 Å². The third-order valence-electron chi connectivity index (χ3n) is 6.15. The lowest BCUT2D eigenvalue weighted by molar-refractivity contribution is -0.139. The van der Waals surface area contributed by atoms with Crippen molar-refractivity contribution in [1.29, 1.82) is 0 Å². The van der Waals surface area contributed by atoms with Gasteiger partial charge in [-0.25, -0.2) is 4.79 Å². The molecule has 4 nitrogen and oxygen atoms in total. The van der Waals surface area contributed by atoms with Crippen molar-refractivity contribution in [1.82, 2.24) is 0 Å². The van der Waals surface area contributed by atoms with Crippen LogP contribution in [0.5, 0.6) is 5.75 Å². The topological polar surface area (TPSA) is 55.8 Å². The summed E-state index contributed by atoms with van der Waals surface area (Å²) in [4.78, 5) is 11.7. The van der Waals surface area contributed by atoms with Crippen molar-refractivity contribution < 1.29 is 19.4 Å². The third-order valence-corrected chi connectivity index (χ3v) is 6.15. The highest BCUT2D eigenvalue weighted by atomic mass is 16.6. The van der Waals surface area contributed by atoms with Crippen LogP contribution in [0, 0.1) is 0 Å². The van der Waals surface area contributed by atoms with Crippen LogP contribution in [0.2, 0.25) is 0 Å². The lowest BCUT2D eigenvalue weighted by atomic mass is 9.97. The van der Waals surface area contributed by atoms with Gasteiger partial charge in [0.05, 0.1) is 0 Å². The van der Waals surface area contributed by atoms with Gasteiger partial charge in [-0.3, -0.25) is 0 Å². The summed E-state index contributed by atoms with van der Waals surface area (Å²) in [6, 6.07) is 23.4. The molecule has 0 aliphatic heterocycles. The number of aryl methyl sites for hydroxylation is 2. The largest absolute Gasteiger partial charge is 0.489 e. The molecule has 0 aliphatic rings. The highest BCUT2D eigenvalue weighted by molar-refractivity contribution is 5.86. The Balaban J connectivity index is 1.81. The maximum absolute atomic E-state index is 11.7. The standard InChI is InChI=1S/C32H38O4/c1-4-5-6-8-25-10-14-27(15-11-25)29-18-19-30(28-16-12-26(13-17-28)9-7-20-33)31(23-29)35-21-22-36-32(34)24(2)3/h10-19,23,33H,2,4-9,20-22H2,1,3H3. The van der Waals surface area contributed by atoms with Gasteiger partial charge in [-0.15, -0.1) is 0 Å². The minimum Gasteiger partial charge on any atom is -0.489 e. The third kappa shape index (κ3) is 8.10. The Morgan fingerprint density at radius 2 is 1.42 bits per heavy atom. The number of rotatable bonds is 14. The first kappa shape index (κ1) is 27.2. The highest BCUT2D eigenvalue weighted by Gasteiger charge is 2.11. The second-order valence-corrected chi connectivity index (χ2v) is 9.15. The Kier molecular flexibility index (Phi) is 10.8. The predicted octanol–water partition coefficient (Wildman–Crippen LogP) is 7.18. The average Bonchev–Trinajstić information content (AvgIpc) is 2.90. The Bertz CT molecular complexity index is 1110. The van der Waals surface area contributed by atoms with Crippen molar-refractivity contribution in [2.24, 2.45) is 0 Å². The van der Waals surface area contributed by atoms with Crippen LogP contribution in [0.3, 0.4) is 0 Å². The number of benzene rings is 3. The summed E-state index contributed by atoms with van der Waals surface area (Å²) in [5.74, 6) is 0.332. The quantitative estimate of drug-likeness (QED) is 0.149. The first-order valence-electron chi connectivity index (χ1n) is 12.9. The second kappa shape index (κ2) is 14.3. The van der Waals surface area contributed by atoms with Crippen LogP contribution < -0.4 is 4.74 Å². The molecule has 3 rings (SSSR count). The van der Waals surface area contributed by atoms with Crippen molar-refractivity contribution in [3.8, 4) is 28.0 Å². The van der Waals surface area contributed by atoms with Gasteiger partial charge in [0.2, 0.25) is 0 Å². The van der Waals surface area contributed by atoms with Crippen molar-refractivity contribution in [3.63, 3.8) is 0 Å². The molecule has 0 aromatic heterocycles. The fraction of sp³-hybridized carbons (Fsp3) is 0.344. The molecule has 3 aromatic rings. The Morgan fingerprint density at radius 1 is 0.806 bits per heavy atom. The van der Waals surface area contributed by atoms with Crippen molar-refractivity contribution in [2.75, 3.05) is 19.8 Å². The average molecular weight is 487 g/mol. The molecular weight excluding hydrogens is 448 g/mol. The summed E-state index contributed by atoms with van der Waals surface area (Å²) < 4.78 is 11.3. The molecule has 0 amide bonds. The van der Waals surface area contributed by atoms with Crippen LogP contribution in [0.4, 0.5) is 0 Å². The van der Waals surface area contributed by atoms with Gasteiger partial charge in [0.1, 0.15) is 19.0 Å². The molecule has 1 N–H and O–H groups in total. The van der Waals surface area contributed by atoms with E-state index in [9.17, 15) is 4.79 Å². The number of ether oxygens (including phenoxy) is 2. The zero-order valence-electron chi connectivity index (χ0n) is 21.6. The lowest BCUT2D eigenvalue weighted by Gasteiger charge is -2.15. The molecule has 36 heavy (non-hydrogen) atoms. The SMILES string of the molecule is C=C(C)C(=O)OCCOc1cc(-c2ccc(CCCCC)cc2)ccc1-c1ccc(CCCO)cc1. The van der Waals surface area contributed by atoms with Gasteiger partial charge < -0.3 is 14.6 Å². The van der Waals surface area contributed by atoms with Gasteiger partial charge in [-0.05, 0) is 66.5 Å². The van der Waals surface area contributed by atoms with E-state index in [1.807, 2.05) is 0 Å². The molecule has 0 spiro atoms. The van der Waals surface area contributed by atoms with Crippen LogP contribution in [0.25, 0.3) is 22.3 Å². The van der Waals surface area contributed by atoms with Crippen molar-refractivity contribution in [3.05, 3.63) is 90.0 Å². The lowest BCUT2D eigenvalue weighted by Crippen LogP contribution is -2.12. The minimum absolute atomic E-state index is 0.155. The summed E-state index contributed by atoms with van der Waals surface area (Å²) in [5, 5.41) is 9.09. The smallest absolute Gasteiger partial charge is 0.333 e. The number of carbonyl (C=O) groups excluding carboxylic acids is 1. The molecule has 0 heterocycles. The first-order chi connectivity index (χ1) is 17.5. The van der Waals surface area contributed by atoms with Gasteiger partial charge in [0, 0.05) is 17.7 Å². The molecule has 0 radical (unpaired) electrons. The van der Waals surface area contributed by atoms with Crippen LogP contribution in [-0.4, -0.2) is 30.9 Å². The van der Waals surface area contributed by atoms with Crippen molar-refractivity contribution in [2.45, 2.75) is 52.4 Å². The van der Waals surface area contributed by atoms with E-state index in [0.717, 1.165) is 47.3 Å². The number of esters is 1. The number of hydrogen-bond acceptors (Lipinski definition) is 4. The maximum atomic E-state index is 11.7. The van der Waals surface area contributed by atoms with Gasteiger partial charge in [-0.1, -0.05) is 87.0 Å². The number of unbranched alkanes of at least 4 members (excludes halogenated alkanes) is 2. The van der Waals surface area contributed by atoms with Gasteiger partial charge in [0.25, 0.3) is 0 Å². The van der Waals surface area contributed by atoms with E-state index in [4.69, 9.17) is 14.6 Å². The molecule has 3 aromatic carbocycles. The van der Waals surface area contributed by atoms with E-state index in [-0.39, 0.29) is 19.8 Å². The summed E-state index contributed by atoms with van der Waals surface area (Å²) >= 11 is 0. The molecule has 0 fully saturated rings. The summed E-state index contributed by atoms with van der Waals surface area (Å²) in [5.41, 5.74) is 7.17. The summed E-state index contributed by atoms with van der Waals surface area (Å²) in [6.45, 7) is 8.06. The van der Waals surface area contributed by atoms with Crippen molar-refractivity contribution >= 4 is 5.97 Å². The highest BCUT2D eigenvalue weighted by Crippen LogP contribution is 2.35. The van der Waals surface area contributed by atoms with Crippen LogP contribution in [0.1, 0.15) is 50.7 Å². The van der Waals surface area contributed by atoms with E-state index < -0.39 is 5.97 Å². The monoisotopic (exact) mass is 486 g/mol. The van der Waals surface area contributed by atoms with Gasteiger partial charge in [-0.2, -0.15) is 0 Å².